The first-order valence-electron chi connectivity index (χ1n) is 5.91. The van der Waals surface area contributed by atoms with Gasteiger partial charge in [0, 0.05) is 17.8 Å². The number of amides is 1. The van der Waals surface area contributed by atoms with Gasteiger partial charge in [-0.15, -0.1) is 0 Å². The average Bonchev–Trinajstić information content (AvgIpc) is 2.94. The molecule has 2 heterocycles. The number of hydrogen-bond acceptors (Lipinski definition) is 4. The van der Waals surface area contributed by atoms with Gasteiger partial charge in [-0.3, -0.25) is 14.9 Å². The van der Waals surface area contributed by atoms with E-state index in [4.69, 9.17) is 4.74 Å². The molecule has 1 saturated heterocycles. The summed E-state index contributed by atoms with van der Waals surface area (Å²) in [7, 11) is 1.37. The zero-order chi connectivity index (χ0) is 12.8. The summed E-state index contributed by atoms with van der Waals surface area (Å²) in [5.41, 5.74) is 0.969. The van der Waals surface area contributed by atoms with E-state index in [-0.39, 0.29) is 17.8 Å². The molecule has 0 aromatic heterocycles. The summed E-state index contributed by atoms with van der Waals surface area (Å²) in [4.78, 5) is 23.8. The summed E-state index contributed by atoms with van der Waals surface area (Å²) < 4.78 is 4.75. The summed E-state index contributed by atoms with van der Waals surface area (Å²) in [5.74, 6) is -0.626. The highest BCUT2D eigenvalue weighted by atomic mass is 16.5. The molecular formula is C13H14N2O3. The van der Waals surface area contributed by atoms with Crippen LogP contribution >= 0.6 is 0 Å². The molecule has 0 unspecified atom stereocenters. The second-order valence-corrected chi connectivity index (χ2v) is 4.71. The lowest BCUT2D eigenvalue weighted by molar-refractivity contribution is -0.144. The first-order chi connectivity index (χ1) is 8.67. The fraction of sp³-hybridized carbons (Fsp3) is 0.385. The van der Waals surface area contributed by atoms with E-state index in [0.717, 1.165) is 11.3 Å². The zero-order valence-electron chi connectivity index (χ0n) is 10.0. The number of para-hydroxylation sites is 1. The van der Waals surface area contributed by atoms with E-state index in [9.17, 15) is 9.59 Å². The summed E-state index contributed by atoms with van der Waals surface area (Å²) in [6.07, 6.45) is 0.447. The molecule has 1 spiro atoms. The molecule has 2 aliphatic rings. The number of methoxy groups -OCH3 is 1. The summed E-state index contributed by atoms with van der Waals surface area (Å²) in [6, 6.07) is 7.56. The van der Waals surface area contributed by atoms with Crippen molar-refractivity contribution in [3.05, 3.63) is 29.8 Å². The molecule has 0 radical (unpaired) electrons. The number of nitrogens with one attached hydrogen (secondary N) is 2. The van der Waals surface area contributed by atoms with Crippen LogP contribution < -0.4 is 10.6 Å². The Kier molecular flexibility index (Phi) is 2.38. The Labute approximate surface area is 105 Å². The van der Waals surface area contributed by atoms with Crippen LogP contribution in [0.5, 0.6) is 0 Å². The van der Waals surface area contributed by atoms with Gasteiger partial charge in [0.05, 0.1) is 13.0 Å². The maximum Gasteiger partial charge on any atom is 0.310 e. The normalized spacial score (nSPS) is 29.2. The molecule has 2 aliphatic heterocycles. The van der Waals surface area contributed by atoms with E-state index < -0.39 is 5.54 Å². The molecule has 5 nitrogen and oxygen atoms in total. The Balaban J connectivity index is 1.97. The van der Waals surface area contributed by atoms with Crippen LogP contribution in [0, 0.1) is 5.92 Å². The summed E-state index contributed by atoms with van der Waals surface area (Å²) >= 11 is 0. The Hall–Kier alpha value is -1.88. The molecule has 0 bridgehead atoms. The van der Waals surface area contributed by atoms with Crippen molar-refractivity contribution in [1.29, 1.82) is 0 Å². The van der Waals surface area contributed by atoms with Crippen LogP contribution in [0.4, 0.5) is 5.69 Å². The van der Waals surface area contributed by atoms with E-state index in [2.05, 4.69) is 10.6 Å². The third-order valence-corrected chi connectivity index (χ3v) is 3.76. The summed E-state index contributed by atoms with van der Waals surface area (Å²) in [6.45, 7) is 0.467. The second kappa shape index (κ2) is 3.81. The SMILES string of the molecule is COC(=O)[C@@H]1CN[C@@]2(C1)C(=O)Nc1ccccc12. The fourth-order valence-corrected chi connectivity index (χ4v) is 2.84. The topological polar surface area (TPSA) is 67.4 Å². The third kappa shape index (κ3) is 1.37. The number of hydrogen-bond donors (Lipinski definition) is 2. The molecular weight excluding hydrogens is 232 g/mol. The lowest BCUT2D eigenvalue weighted by atomic mass is 9.87. The molecule has 2 N–H and O–H groups in total. The molecule has 18 heavy (non-hydrogen) atoms. The zero-order valence-corrected chi connectivity index (χ0v) is 10.0. The Morgan fingerprint density at radius 1 is 1.44 bits per heavy atom. The molecule has 1 amide bonds. The number of ether oxygens (including phenoxy) is 1. The molecule has 94 valence electrons. The molecule has 1 aromatic rings. The van der Waals surface area contributed by atoms with Crippen LogP contribution in [0.3, 0.4) is 0 Å². The minimum atomic E-state index is -0.768. The van der Waals surface area contributed by atoms with Crippen LogP contribution in [-0.4, -0.2) is 25.5 Å². The van der Waals surface area contributed by atoms with Crippen LogP contribution in [0.1, 0.15) is 12.0 Å². The van der Waals surface area contributed by atoms with Gasteiger partial charge in [0.2, 0.25) is 5.91 Å². The molecule has 5 heteroatoms. The van der Waals surface area contributed by atoms with Crippen molar-refractivity contribution < 1.29 is 14.3 Å². The van der Waals surface area contributed by atoms with Crippen LogP contribution in [0.25, 0.3) is 0 Å². The van der Waals surface area contributed by atoms with Crippen LogP contribution in [0.2, 0.25) is 0 Å². The van der Waals surface area contributed by atoms with Gasteiger partial charge in [0.25, 0.3) is 0 Å². The number of anilines is 1. The molecule has 1 fully saturated rings. The van der Waals surface area contributed by atoms with Gasteiger partial charge in [-0.2, -0.15) is 0 Å². The van der Waals surface area contributed by atoms with Gasteiger partial charge < -0.3 is 10.1 Å². The van der Waals surface area contributed by atoms with Gasteiger partial charge in [0.1, 0.15) is 5.54 Å². The first kappa shape index (κ1) is 11.2. The van der Waals surface area contributed by atoms with Crippen molar-refractivity contribution >= 4 is 17.6 Å². The van der Waals surface area contributed by atoms with Gasteiger partial charge in [-0.05, 0) is 12.5 Å². The molecule has 2 atom stereocenters. The monoisotopic (exact) mass is 246 g/mol. The number of esters is 1. The van der Waals surface area contributed by atoms with Gasteiger partial charge in [-0.25, -0.2) is 0 Å². The minimum absolute atomic E-state index is 0.0879. The van der Waals surface area contributed by atoms with Crippen molar-refractivity contribution in [2.24, 2.45) is 5.92 Å². The molecule has 3 rings (SSSR count). The van der Waals surface area contributed by atoms with Crippen LogP contribution in [-0.2, 0) is 19.9 Å². The van der Waals surface area contributed by atoms with Crippen LogP contribution in [0.15, 0.2) is 24.3 Å². The number of carbonyl (C=O) groups is 2. The smallest absolute Gasteiger partial charge is 0.310 e. The Bertz CT molecular complexity index is 529. The van der Waals surface area contributed by atoms with E-state index in [1.807, 2.05) is 24.3 Å². The van der Waals surface area contributed by atoms with E-state index in [1.165, 1.54) is 7.11 Å². The molecule has 0 saturated carbocycles. The highest BCUT2D eigenvalue weighted by Gasteiger charge is 2.53. The van der Waals surface area contributed by atoms with Crippen molar-refractivity contribution in [2.45, 2.75) is 12.0 Å². The Morgan fingerprint density at radius 2 is 2.22 bits per heavy atom. The second-order valence-electron chi connectivity index (χ2n) is 4.71. The van der Waals surface area contributed by atoms with Crippen molar-refractivity contribution in [2.75, 3.05) is 19.0 Å². The van der Waals surface area contributed by atoms with E-state index in [1.54, 1.807) is 0 Å². The highest BCUT2D eigenvalue weighted by Crippen LogP contribution is 2.43. The average molecular weight is 246 g/mol. The number of carbonyl (C=O) groups excluding carboxylic acids is 2. The Morgan fingerprint density at radius 3 is 3.00 bits per heavy atom. The van der Waals surface area contributed by atoms with Crippen molar-refractivity contribution in [1.82, 2.24) is 5.32 Å². The quantitative estimate of drug-likeness (QED) is 0.713. The molecule has 1 aromatic carbocycles. The minimum Gasteiger partial charge on any atom is -0.469 e. The number of benzene rings is 1. The predicted octanol–water partition coefficient (Wildman–Crippen LogP) is 0.616. The largest absolute Gasteiger partial charge is 0.469 e. The van der Waals surface area contributed by atoms with Crippen molar-refractivity contribution in [3.8, 4) is 0 Å². The first-order valence-corrected chi connectivity index (χ1v) is 5.91. The standard InChI is InChI=1S/C13H14N2O3/c1-18-11(16)8-6-13(14-7-8)9-4-2-3-5-10(9)15-12(13)17/h2-5,8,14H,6-7H2,1H3,(H,15,17)/t8-,13+/m0/s1. The maximum absolute atomic E-state index is 12.2. The lowest BCUT2D eigenvalue weighted by Crippen LogP contribution is -2.43. The van der Waals surface area contributed by atoms with E-state index >= 15 is 0 Å². The highest BCUT2D eigenvalue weighted by molar-refractivity contribution is 6.06. The fourth-order valence-electron chi connectivity index (χ4n) is 2.84. The predicted molar refractivity (Wildman–Crippen MR) is 64.9 cm³/mol. The van der Waals surface area contributed by atoms with E-state index in [0.29, 0.717) is 13.0 Å². The van der Waals surface area contributed by atoms with Gasteiger partial charge >= 0.3 is 5.97 Å². The lowest BCUT2D eigenvalue weighted by Gasteiger charge is -2.21. The number of fused-ring (bicyclic) bond motifs is 2. The third-order valence-electron chi connectivity index (χ3n) is 3.76. The summed E-state index contributed by atoms with van der Waals surface area (Å²) in [5, 5.41) is 6.04. The van der Waals surface area contributed by atoms with Gasteiger partial charge in [0.15, 0.2) is 0 Å². The molecule has 0 aliphatic carbocycles. The number of rotatable bonds is 1. The van der Waals surface area contributed by atoms with Gasteiger partial charge in [-0.1, -0.05) is 18.2 Å². The maximum atomic E-state index is 12.2. The van der Waals surface area contributed by atoms with Crippen molar-refractivity contribution in [3.63, 3.8) is 0 Å².